The highest BCUT2D eigenvalue weighted by Gasteiger charge is 2.35. The molecule has 0 spiro atoms. The molecule has 1 aromatic rings. The predicted octanol–water partition coefficient (Wildman–Crippen LogP) is 4.75. The van der Waals surface area contributed by atoms with Crippen molar-refractivity contribution in [2.75, 3.05) is 20.6 Å². The number of halogens is 4. The summed E-state index contributed by atoms with van der Waals surface area (Å²) in [6.07, 6.45) is 2.96. The SMILES string of the molecule is CN(C)C(=O)CC1C=CC2=NCC(c3ccc(F)c(C(F)(F)F)c3)C=C2CC1. The molecule has 150 valence electrons. The van der Waals surface area contributed by atoms with Crippen molar-refractivity contribution < 1.29 is 22.4 Å². The number of benzene rings is 1. The molecule has 1 amide bonds. The zero-order valence-electron chi connectivity index (χ0n) is 15.8. The lowest BCUT2D eigenvalue weighted by Crippen LogP contribution is -2.23. The average molecular weight is 394 g/mol. The molecule has 0 bridgehead atoms. The van der Waals surface area contributed by atoms with Gasteiger partial charge in [-0.05, 0) is 48.1 Å². The number of alkyl halides is 3. The van der Waals surface area contributed by atoms with Crippen LogP contribution in [-0.4, -0.2) is 37.2 Å². The largest absolute Gasteiger partial charge is 0.419 e. The van der Waals surface area contributed by atoms with Gasteiger partial charge in [-0.25, -0.2) is 4.39 Å². The molecule has 3 nitrogen and oxygen atoms in total. The summed E-state index contributed by atoms with van der Waals surface area (Å²) in [5, 5.41) is 0. The molecule has 1 aliphatic carbocycles. The summed E-state index contributed by atoms with van der Waals surface area (Å²) in [4.78, 5) is 18.0. The molecule has 7 heteroatoms. The van der Waals surface area contributed by atoms with E-state index >= 15 is 0 Å². The van der Waals surface area contributed by atoms with E-state index in [0.717, 1.165) is 29.8 Å². The van der Waals surface area contributed by atoms with Crippen LogP contribution in [0.3, 0.4) is 0 Å². The molecule has 1 aliphatic heterocycles. The molecule has 3 rings (SSSR count). The Kier molecular flexibility index (Phi) is 5.72. The van der Waals surface area contributed by atoms with Crippen LogP contribution in [0.5, 0.6) is 0 Å². The van der Waals surface area contributed by atoms with Crippen LogP contribution in [0.15, 0.2) is 47.0 Å². The maximum Gasteiger partial charge on any atom is 0.419 e. The smallest absolute Gasteiger partial charge is 0.349 e. The monoisotopic (exact) mass is 394 g/mol. The topological polar surface area (TPSA) is 32.7 Å². The molecule has 0 saturated heterocycles. The highest BCUT2D eigenvalue weighted by atomic mass is 19.4. The summed E-state index contributed by atoms with van der Waals surface area (Å²) in [6, 6.07) is 3.13. The average Bonchev–Trinajstić information content (AvgIpc) is 2.83. The Morgan fingerprint density at radius 2 is 2.04 bits per heavy atom. The maximum absolute atomic E-state index is 13.6. The van der Waals surface area contributed by atoms with Crippen LogP contribution in [0.4, 0.5) is 17.6 Å². The van der Waals surface area contributed by atoms with Crippen molar-refractivity contribution >= 4 is 11.6 Å². The molecule has 0 saturated carbocycles. The van der Waals surface area contributed by atoms with E-state index in [2.05, 4.69) is 4.99 Å². The van der Waals surface area contributed by atoms with E-state index in [9.17, 15) is 22.4 Å². The molecule has 2 atom stereocenters. The first-order valence-corrected chi connectivity index (χ1v) is 9.15. The summed E-state index contributed by atoms with van der Waals surface area (Å²) in [5.74, 6) is -1.44. The quantitative estimate of drug-likeness (QED) is 0.681. The van der Waals surface area contributed by atoms with Gasteiger partial charge in [0, 0.05) is 33.0 Å². The molecule has 0 radical (unpaired) electrons. The number of carbonyl (C=O) groups is 1. The molecule has 28 heavy (non-hydrogen) atoms. The molecule has 1 heterocycles. The van der Waals surface area contributed by atoms with Gasteiger partial charge in [0.1, 0.15) is 5.82 Å². The van der Waals surface area contributed by atoms with E-state index in [1.165, 1.54) is 6.07 Å². The number of dihydropyridines is 1. The normalized spacial score (nSPS) is 22.1. The summed E-state index contributed by atoms with van der Waals surface area (Å²) >= 11 is 0. The lowest BCUT2D eigenvalue weighted by molar-refractivity contribution is -0.140. The number of hydrogen-bond acceptors (Lipinski definition) is 2. The van der Waals surface area contributed by atoms with Gasteiger partial charge in [0.15, 0.2) is 0 Å². The summed E-state index contributed by atoms with van der Waals surface area (Å²) in [7, 11) is 3.44. The van der Waals surface area contributed by atoms with Crippen molar-refractivity contribution in [3.05, 3.63) is 58.9 Å². The second-order valence-corrected chi connectivity index (χ2v) is 7.41. The first-order valence-electron chi connectivity index (χ1n) is 9.15. The minimum absolute atomic E-state index is 0.0549. The predicted molar refractivity (Wildman–Crippen MR) is 99.7 cm³/mol. The minimum atomic E-state index is -4.73. The fourth-order valence-corrected chi connectivity index (χ4v) is 3.48. The lowest BCUT2D eigenvalue weighted by atomic mass is 9.89. The number of carbonyl (C=O) groups excluding carboxylic acids is 1. The molecule has 0 N–H and O–H groups in total. The van der Waals surface area contributed by atoms with E-state index in [4.69, 9.17) is 0 Å². The summed E-state index contributed by atoms with van der Waals surface area (Å²) < 4.78 is 52.6. The third-order valence-electron chi connectivity index (χ3n) is 5.16. The molecule has 1 aromatic carbocycles. The first kappa shape index (κ1) is 20.3. The zero-order valence-corrected chi connectivity index (χ0v) is 15.8. The Hall–Kier alpha value is -2.44. The fraction of sp³-hybridized carbons (Fsp3) is 0.429. The third-order valence-corrected chi connectivity index (χ3v) is 5.16. The van der Waals surface area contributed by atoms with Crippen LogP contribution < -0.4 is 0 Å². The van der Waals surface area contributed by atoms with E-state index in [1.807, 2.05) is 18.2 Å². The number of amides is 1. The second kappa shape index (κ2) is 7.89. The van der Waals surface area contributed by atoms with E-state index in [1.54, 1.807) is 19.0 Å². The molecular formula is C21H22F4N2O. The first-order chi connectivity index (χ1) is 13.1. The highest BCUT2D eigenvalue weighted by molar-refractivity contribution is 6.09. The minimum Gasteiger partial charge on any atom is -0.349 e. The second-order valence-electron chi connectivity index (χ2n) is 7.41. The van der Waals surface area contributed by atoms with Crippen molar-refractivity contribution in [2.24, 2.45) is 10.9 Å². The van der Waals surface area contributed by atoms with Crippen LogP contribution in [-0.2, 0) is 11.0 Å². The Bertz CT molecular complexity index is 852. The van der Waals surface area contributed by atoms with Gasteiger partial charge in [-0.1, -0.05) is 18.2 Å². The van der Waals surface area contributed by atoms with Gasteiger partial charge in [0.05, 0.1) is 11.3 Å². The lowest BCUT2D eigenvalue weighted by Gasteiger charge is -2.21. The van der Waals surface area contributed by atoms with Crippen molar-refractivity contribution in [2.45, 2.75) is 31.4 Å². The van der Waals surface area contributed by atoms with Crippen molar-refractivity contribution in [1.29, 1.82) is 0 Å². The Balaban J connectivity index is 1.78. The number of rotatable bonds is 3. The van der Waals surface area contributed by atoms with Gasteiger partial charge in [0.2, 0.25) is 5.91 Å². The highest BCUT2D eigenvalue weighted by Crippen LogP contribution is 2.35. The Morgan fingerprint density at radius 1 is 1.29 bits per heavy atom. The van der Waals surface area contributed by atoms with Crippen molar-refractivity contribution in [3.8, 4) is 0 Å². The number of aliphatic imine (C=N–C) groups is 1. The molecule has 0 fully saturated rings. The number of allylic oxidation sites excluding steroid dienone is 3. The zero-order chi connectivity index (χ0) is 20.5. The summed E-state index contributed by atoms with van der Waals surface area (Å²) in [5.41, 5.74) is 0.928. The Labute approximate surface area is 161 Å². The maximum atomic E-state index is 13.6. The van der Waals surface area contributed by atoms with Crippen molar-refractivity contribution in [1.82, 2.24) is 4.90 Å². The molecule has 2 unspecified atom stereocenters. The summed E-state index contributed by atoms with van der Waals surface area (Å²) in [6.45, 7) is 0.313. The van der Waals surface area contributed by atoms with Gasteiger partial charge >= 0.3 is 6.18 Å². The third kappa shape index (κ3) is 4.51. The Morgan fingerprint density at radius 3 is 2.71 bits per heavy atom. The van der Waals surface area contributed by atoms with Gasteiger partial charge in [0.25, 0.3) is 0 Å². The number of hydrogen-bond donors (Lipinski definition) is 0. The number of nitrogens with zero attached hydrogens (tertiary/aromatic N) is 2. The van der Waals surface area contributed by atoms with E-state index in [-0.39, 0.29) is 17.7 Å². The molecular weight excluding hydrogens is 372 g/mol. The standard InChI is InChI=1S/C21H22F4N2O/c1-27(2)20(28)9-13-3-5-15-10-16(12-26-19(15)8-4-13)14-6-7-18(22)17(11-14)21(23,24)25/h4,6-8,10-11,13,16H,3,5,9,12H2,1-2H3. The van der Waals surface area contributed by atoms with Crippen LogP contribution in [0.25, 0.3) is 0 Å². The van der Waals surface area contributed by atoms with Gasteiger partial charge in [-0.15, -0.1) is 0 Å². The van der Waals surface area contributed by atoms with Gasteiger partial charge < -0.3 is 4.90 Å². The van der Waals surface area contributed by atoms with Gasteiger partial charge in [-0.2, -0.15) is 13.2 Å². The van der Waals surface area contributed by atoms with E-state index < -0.39 is 17.6 Å². The van der Waals surface area contributed by atoms with E-state index in [0.29, 0.717) is 24.9 Å². The fourth-order valence-electron chi connectivity index (χ4n) is 3.48. The van der Waals surface area contributed by atoms with Crippen LogP contribution >= 0.6 is 0 Å². The van der Waals surface area contributed by atoms with Gasteiger partial charge in [-0.3, -0.25) is 9.79 Å². The van der Waals surface area contributed by atoms with Crippen LogP contribution in [0, 0.1) is 11.7 Å². The van der Waals surface area contributed by atoms with Crippen LogP contribution in [0.2, 0.25) is 0 Å². The van der Waals surface area contributed by atoms with Crippen LogP contribution in [0.1, 0.15) is 36.3 Å². The van der Waals surface area contributed by atoms with Crippen molar-refractivity contribution in [3.63, 3.8) is 0 Å². The molecule has 0 aromatic heterocycles. The number of fused-ring (bicyclic) bond motifs is 1. The molecule has 2 aliphatic rings.